The Bertz CT molecular complexity index is 1170. The number of phenolic OH excluding ortho intramolecular Hbond substituents is 1. The van der Waals surface area contributed by atoms with Crippen LogP contribution < -0.4 is 0 Å². The van der Waals surface area contributed by atoms with Crippen molar-refractivity contribution in [2.75, 3.05) is 7.11 Å². The Hall–Kier alpha value is -3.27. The fourth-order valence-electron chi connectivity index (χ4n) is 3.96. The van der Waals surface area contributed by atoms with Crippen LogP contribution in [0.3, 0.4) is 0 Å². The first-order valence-corrected chi connectivity index (χ1v) is 8.88. The fourth-order valence-corrected chi connectivity index (χ4v) is 3.96. The van der Waals surface area contributed by atoms with E-state index >= 15 is 0 Å². The van der Waals surface area contributed by atoms with E-state index in [1.54, 1.807) is 12.1 Å². The van der Waals surface area contributed by atoms with Crippen molar-refractivity contribution in [1.29, 1.82) is 0 Å². The Morgan fingerprint density at radius 3 is 2.26 bits per heavy atom. The lowest BCUT2D eigenvalue weighted by atomic mass is 10.1. The van der Waals surface area contributed by atoms with Crippen LogP contribution in [0.2, 0.25) is 0 Å². The molecule has 3 aromatic carbocycles. The molecule has 4 heteroatoms. The van der Waals surface area contributed by atoms with Gasteiger partial charge in [0.25, 0.3) is 0 Å². The van der Waals surface area contributed by atoms with E-state index in [1.165, 1.54) is 23.8 Å². The van der Waals surface area contributed by atoms with Crippen LogP contribution in [-0.2, 0) is 11.3 Å². The van der Waals surface area contributed by atoms with Gasteiger partial charge in [-0.1, -0.05) is 41.5 Å². The lowest BCUT2D eigenvalue weighted by molar-refractivity contribution is 0.0603. The first-order chi connectivity index (χ1) is 13.0. The topological polar surface area (TPSA) is 51.5 Å². The maximum atomic E-state index is 12.3. The van der Waals surface area contributed by atoms with Crippen LogP contribution in [0.5, 0.6) is 5.75 Å². The monoisotopic (exact) mass is 359 g/mol. The second kappa shape index (κ2) is 6.47. The van der Waals surface area contributed by atoms with Gasteiger partial charge in [-0.2, -0.15) is 0 Å². The minimum Gasteiger partial charge on any atom is -0.507 e. The summed E-state index contributed by atoms with van der Waals surface area (Å²) in [4.78, 5) is 12.3. The Morgan fingerprint density at radius 2 is 1.59 bits per heavy atom. The van der Waals surface area contributed by atoms with E-state index in [2.05, 4.69) is 36.6 Å². The van der Waals surface area contributed by atoms with E-state index in [9.17, 15) is 9.90 Å². The van der Waals surface area contributed by atoms with Crippen molar-refractivity contribution in [3.8, 4) is 5.75 Å². The number of rotatable bonds is 3. The van der Waals surface area contributed by atoms with Gasteiger partial charge in [-0.25, -0.2) is 4.79 Å². The van der Waals surface area contributed by atoms with Gasteiger partial charge in [-0.05, 0) is 43.7 Å². The average Bonchev–Trinajstić information content (AvgIpc) is 2.95. The summed E-state index contributed by atoms with van der Waals surface area (Å²) in [6.07, 6.45) is 0. The Kier molecular flexibility index (Phi) is 4.11. The number of benzene rings is 3. The Labute approximate surface area is 157 Å². The molecule has 0 bridgehead atoms. The van der Waals surface area contributed by atoms with Gasteiger partial charge in [0.1, 0.15) is 5.75 Å². The standard InChI is InChI=1S/C23H21NO3/c1-14-10-15(2)12-16(11-14)13-24-18-7-4-6-17(23(26)27-3)21(18)22-19(24)8-5-9-20(22)25/h4-12,25H,13H2,1-3H3. The van der Waals surface area contributed by atoms with Crippen molar-refractivity contribution in [3.05, 3.63) is 76.9 Å². The molecule has 0 saturated carbocycles. The highest BCUT2D eigenvalue weighted by atomic mass is 16.5. The van der Waals surface area contributed by atoms with E-state index in [1.807, 2.05) is 24.3 Å². The summed E-state index contributed by atoms with van der Waals surface area (Å²) in [5, 5.41) is 12.0. The SMILES string of the molecule is COC(=O)c1cccc2c1c1c(O)cccc1n2Cc1cc(C)cc(C)c1. The van der Waals surface area contributed by atoms with Gasteiger partial charge in [0.05, 0.1) is 29.1 Å². The van der Waals surface area contributed by atoms with Gasteiger partial charge in [-0.3, -0.25) is 0 Å². The predicted octanol–water partition coefficient (Wildman–Crippen LogP) is 4.95. The molecule has 0 radical (unpaired) electrons. The third-order valence-electron chi connectivity index (χ3n) is 4.92. The normalized spacial score (nSPS) is 11.2. The van der Waals surface area contributed by atoms with E-state index in [0.717, 1.165) is 16.4 Å². The molecular weight excluding hydrogens is 338 g/mol. The smallest absolute Gasteiger partial charge is 0.338 e. The molecule has 0 unspecified atom stereocenters. The van der Waals surface area contributed by atoms with Gasteiger partial charge in [-0.15, -0.1) is 0 Å². The number of carbonyl (C=O) groups excluding carboxylic acids is 1. The molecule has 4 nitrogen and oxygen atoms in total. The van der Waals surface area contributed by atoms with Crippen molar-refractivity contribution < 1.29 is 14.6 Å². The molecule has 0 aliphatic rings. The van der Waals surface area contributed by atoms with Gasteiger partial charge >= 0.3 is 5.97 Å². The number of methoxy groups -OCH3 is 1. The highest BCUT2D eigenvalue weighted by Gasteiger charge is 2.20. The minimum absolute atomic E-state index is 0.160. The van der Waals surface area contributed by atoms with Crippen LogP contribution in [0.1, 0.15) is 27.0 Å². The zero-order valence-electron chi connectivity index (χ0n) is 15.6. The average molecular weight is 359 g/mol. The summed E-state index contributed by atoms with van der Waals surface area (Å²) in [6.45, 7) is 4.82. The molecule has 1 N–H and O–H groups in total. The van der Waals surface area contributed by atoms with Crippen molar-refractivity contribution in [3.63, 3.8) is 0 Å². The number of hydrogen-bond acceptors (Lipinski definition) is 3. The molecule has 0 fully saturated rings. The van der Waals surface area contributed by atoms with Crippen molar-refractivity contribution in [2.45, 2.75) is 20.4 Å². The van der Waals surface area contributed by atoms with Crippen LogP contribution >= 0.6 is 0 Å². The second-order valence-corrected chi connectivity index (χ2v) is 6.94. The molecule has 1 aromatic heterocycles. The first-order valence-electron chi connectivity index (χ1n) is 8.88. The molecule has 136 valence electrons. The number of aryl methyl sites for hydroxylation is 2. The Balaban J connectivity index is 2.05. The van der Waals surface area contributed by atoms with Crippen molar-refractivity contribution in [1.82, 2.24) is 4.57 Å². The lowest BCUT2D eigenvalue weighted by Gasteiger charge is -2.10. The van der Waals surface area contributed by atoms with Crippen molar-refractivity contribution in [2.24, 2.45) is 0 Å². The van der Waals surface area contributed by atoms with E-state index < -0.39 is 5.97 Å². The van der Waals surface area contributed by atoms with Gasteiger partial charge in [0, 0.05) is 11.9 Å². The lowest BCUT2D eigenvalue weighted by Crippen LogP contribution is -2.03. The number of nitrogens with zero attached hydrogens (tertiary/aromatic N) is 1. The number of carbonyl (C=O) groups is 1. The van der Waals surface area contributed by atoms with Crippen LogP contribution in [0.15, 0.2) is 54.6 Å². The summed E-state index contributed by atoms with van der Waals surface area (Å²) in [5.74, 6) is -0.248. The zero-order chi connectivity index (χ0) is 19.1. The largest absolute Gasteiger partial charge is 0.507 e. The van der Waals surface area contributed by atoms with Gasteiger partial charge in [0.2, 0.25) is 0 Å². The summed E-state index contributed by atoms with van der Waals surface area (Å²) >= 11 is 0. The van der Waals surface area contributed by atoms with Gasteiger partial charge < -0.3 is 14.4 Å². The van der Waals surface area contributed by atoms with Crippen LogP contribution in [0.4, 0.5) is 0 Å². The van der Waals surface area contributed by atoms with Crippen LogP contribution in [0.25, 0.3) is 21.8 Å². The highest BCUT2D eigenvalue weighted by molar-refractivity contribution is 6.19. The molecule has 0 amide bonds. The van der Waals surface area contributed by atoms with Gasteiger partial charge in [0.15, 0.2) is 0 Å². The highest BCUT2D eigenvalue weighted by Crippen LogP contribution is 2.37. The summed E-state index contributed by atoms with van der Waals surface area (Å²) < 4.78 is 7.11. The number of ether oxygens (including phenoxy) is 1. The third-order valence-corrected chi connectivity index (χ3v) is 4.92. The molecule has 0 aliphatic carbocycles. The number of hydrogen-bond donors (Lipinski definition) is 1. The molecule has 4 rings (SSSR count). The summed E-state index contributed by atoms with van der Waals surface area (Å²) in [7, 11) is 1.37. The summed E-state index contributed by atoms with van der Waals surface area (Å²) in [6, 6.07) is 17.5. The molecule has 27 heavy (non-hydrogen) atoms. The van der Waals surface area contributed by atoms with Crippen molar-refractivity contribution >= 4 is 27.8 Å². The van der Waals surface area contributed by atoms with Crippen LogP contribution in [-0.4, -0.2) is 22.8 Å². The molecule has 4 aromatic rings. The first kappa shape index (κ1) is 17.2. The molecule has 0 spiro atoms. The molecule has 0 atom stereocenters. The maximum absolute atomic E-state index is 12.3. The third kappa shape index (κ3) is 2.83. The zero-order valence-corrected chi connectivity index (χ0v) is 15.6. The van der Waals surface area contributed by atoms with E-state index in [-0.39, 0.29) is 5.75 Å². The van der Waals surface area contributed by atoms with E-state index in [4.69, 9.17) is 4.74 Å². The minimum atomic E-state index is -0.408. The maximum Gasteiger partial charge on any atom is 0.338 e. The number of esters is 1. The second-order valence-electron chi connectivity index (χ2n) is 6.94. The fraction of sp³-hybridized carbons (Fsp3) is 0.174. The predicted molar refractivity (Wildman–Crippen MR) is 107 cm³/mol. The Morgan fingerprint density at radius 1 is 0.963 bits per heavy atom. The summed E-state index contributed by atoms with van der Waals surface area (Å²) in [5.41, 5.74) is 5.85. The van der Waals surface area contributed by atoms with Crippen LogP contribution in [0, 0.1) is 13.8 Å². The molecular formula is C23H21NO3. The molecule has 0 aliphatic heterocycles. The number of fused-ring (bicyclic) bond motifs is 3. The quantitative estimate of drug-likeness (QED) is 0.527. The number of aromatic hydroxyl groups is 1. The number of phenols is 1. The van der Waals surface area contributed by atoms with E-state index in [0.29, 0.717) is 17.5 Å². The molecule has 1 heterocycles. The molecule has 0 saturated heterocycles. The number of aromatic nitrogens is 1.